The molecule has 2 rings (SSSR count). The van der Waals surface area contributed by atoms with Crippen LogP contribution in [-0.4, -0.2) is 10.7 Å². The van der Waals surface area contributed by atoms with Gasteiger partial charge in [0.15, 0.2) is 11.5 Å². The predicted octanol–water partition coefficient (Wildman–Crippen LogP) is 4.69. The van der Waals surface area contributed by atoms with Gasteiger partial charge in [-0.15, -0.1) is 0 Å². The zero-order chi connectivity index (χ0) is 13.9. The maximum absolute atomic E-state index is 9.88. The number of benzene rings is 1. The average molecular weight is 262 g/mol. The highest BCUT2D eigenvalue weighted by molar-refractivity contribution is 5.42. The summed E-state index contributed by atoms with van der Waals surface area (Å²) in [6.45, 7) is 6.00. The summed E-state index contributed by atoms with van der Waals surface area (Å²) in [6.07, 6.45) is 7.93. The van der Waals surface area contributed by atoms with E-state index in [9.17, 15) is 5.11 Å². The molecule has 0 bridgehead atoms. The summed E-state index contributed by atoms with van der Waals surface area (Å²) in [6, 6.07) is 5.80. The van der Waals surface area contributed by atoms with Gasteiger partial charge in [0.1, 0.15) is 5.60 Å². The van der Waals surface area contributed by atoms with Crippen molar-refractivity contribution in [2.45, 2.75) is 64.9 Å². The fourth-order valence-electron chi connectivity index (χ4n) is 2.82. The topological polar surface area (TPSA) is 29.5 Å². The van der Waals surface area contributed by atoms with Crippen LogP contribution < -0.4 is 4.74 Å². The Labute approximate surface area is 116 Å². The number of aromatic hydroxyl groups is 1. The first-order valence-electron chi connectivity index (χ1n) is 7.45. The second kappa shape index (κ2) is 5.85. The minimum absolute atomic E-state index is 0.238. The first-order chi connectivity index (χ1) is 8.94. The molecule has 0 radical (unpaired) electrons. The minimum atomic E-state index is -0.277. The third kappa shape index (κ3) is 4.45. The first kappa shape index (κ1) is 14.2. The van der Waals surface area contributed by atoms with Crippen LogP contribution >= 0.6 is 0 Å². The Balaban J connectivity index is 2.07. The van der Waals surface area contributed by atoms with Crippen molar-refractivity contribution in [1.82, 2.24) is 0 Å². The first-order valence-corrected chi connectivity index (χ1v) is 7.45. The molecule has 0 atom stereocenters. The number of hydrogen-bond donors (Lipinski definition) is 1. The molecule has 1 aliphatic rings. The summed E-state index contributed by atoms with van der Waals surface area (Å²) in [4.78, 5) is 0. The fourth-order valence-corrected chi connectivity index (χ4v) is 2.82. The third-order valence-corrected chi connectivity index (χ3v) is 3.69. The SMILES string of the molecule is CC(C)(C)Oc1cc(CC2CCCCC2)ccc1O. The van der Waals surface area contributed by atoms with Crippen LogP contribution in [0, 0.1) is 5.92 Å². The zero-order valence-corrected chi connectivity index (χ0v) is 12.4. The number of ether oxygens (including phenoxy) is 1. The van der Waals surface area contributed by atoms with Crippen LogP contribution in [0.1, 0.15) is 58.4 Å². The average Bonchev–Trinajstić information content (AvgIpc) is 2.33. The van der Waals surface area contributed by atoms with Gasteiger partial charge < -0.3 is 9.84 Å². The van der Waals surface area contributed by atoms with E-state index in [-0.39, 0.29) is 11.4 Å². The normalized spacial score (nSPS) is 17.4. The third-order valence-electron chi connectivity index (χ3n) is 3.69. The highest BCUT2D eigenvalue weighted by Gasteiger charge is 2.17. The Bertz CT molecular complexity index is 412. The molecular formula is C17H26O2. The number of phenols is 1. The largest absolute Gasteiger partial charge is 0.504 e. The van der Waals surface area contributed by atoms with Crippen LogP contribution in [0.15, 0.2) is 18.2 Å². The van der Waals surface area contributed by atoms with E-state index in [0.717, 1.165) is 12.3 Å². The summed E-state index contributed by atoms with van der Waals surface area (Å²) in [5, 5.41) is 9.88. The lowest BCUT2D eigenvalue weighted by atomic mass is 9.85. The molecule has 0 saturated heterocycles. The minimum Gasteiger partial charge on any atom is -0.504 e. The summed E-state index contributed by atoms with van der Waals surface area (Å²) < 4.78 is 5.81. The van der Waals surface area contributed by atoms with Crippen molar-refractivity contribution in [2.24, 2.45) is 5.92 Å². The number of hydrogen-bond acceptors (Lipinski definition) is 2. The van der Waals surface area contributed by atoms with Gasteiger partial charge in [-0.2, -0.15) is 0 Å². The van der Waals surface area contributed by atoms with Crippen molar-refractivity contribution in [3.63, 3.8) is 0 Å². The molecule has 1 saturated carbocycles. The molecule has 1 aromatic rings. The Morgan fingerprint density at radius 1 is 1.16 bits per heavy atom. The van der Waals surface area contributed by atoms with Gasteiger partial charge in [0.2, 0.25) is 0 Å². The Hall–Kier alpha value is -1.18. The lowest BCUT2D eigenvalue weighted by molar-refractivity contribution is 0.125. The van der Waals surface area contributed by atoms with Crippen molar-refractivity contribution < 1.29 is 9.84 Å². The highest BCUT2D eigenvalue weighted by atomic mass is 16.5. The molecule has 2 nitrogen and oxygen atoms in total. The number of phenolic OH excluding ortho intramolecular Hbond substituents is 1. The van der Waals surface area contributed by atoms with E-state index in [0.29, 0.717) is 5.75 Å². The molecule has 19 heavy (non-hydrogen) atoms. The molecule has 1 N–H and O–H groups in total. The van der Waals surface area contributed by atoms with E-state index in [2.05, 4.69) is 0 Å². The summed E-state index contributed by atoms with van der Waals surface area (Å²) >= 11 is 0. The van der Waals surface area contributed by atoms with Crippen molar-refractivity contribution in [3.05, 3.63) is 23.8 Å². The molecule has 2 heteroatoms. The lowest BCUT2D eigenvalue weighted by Gasteiger charge is -2.24. The van der Waals surface area contributed by atoms with Gasteiger partial charge in [-0.3, -0.25) is 0 Å². The van der Waals surface area contributed by atoms with Crippen molar-refractivity contribution in [2.75, 3.05) is 0 Å². The van der Waals surface area contributed by atoms with Crippen molar-refractivity contribution >= 4 is 0 Å². The van der Waals surface area contributed by atoms with Gasteiger partial charge in [-0.25, -0.2) is 0 Å². The van der Waals surface area contributed by atoms with Gasteiger partial charge in [0.25, 0.3) is 0 Å². The molecule has 0 spiro atoms. The van der Waals surface area contributed by atoms with Gasteiger partial charge >= 0.3 is 0 Å². The molecule has 0 heterocycles. The quantitative estimate of drug-likeness (QED) is 0.856. The maximum Gasteiger partial charge on any atom is 0.161 e. The van der Waals surface area contributed by atoms with Crippen LogP contribution in [0.4, 0.5) is 0 Å². The van der Waals surface area contributed by atoms with Crippen LogP contribution in [0.3, 0.4) is 0 Å². The maximum atomic E-state index is 9.88. The smallest absolute Gasteiger partial charge is 0.161 e. The van der Waals surface area contributed by atoms with E-state index in [1.807, 2.05) is 32.9 Å². The van der Waals surface area contributed by atoms with Crippen molar-refractivity contribution in [3.8, 4) is 11.5 Å². The second-order valence-corrected chi connectivity index (χ2v) is 6.72. The van der Waals surface area contributed by atoms with Crippen LogP contribution in [-0.2, 0) is 6.42 Å². The molecule has 0 unspecified atom stereocenters. The molecule has 106 valence electrons. The Morgan fingerprint density at radius 2 is 1.84 bits per heavy atom. The van der Waals surface area contributed by atoms with Gasteiger partial charge in [-0.1, -0.05) is 38.2 Å². The highest BCUT2D eigenvalue weighted by Crippen LogP contribution is 2.33. The van der Waals surface area contributed by atoms with Crippen molar-refractivity contribution in [1.29, 1.82) is 0 Å². The fraction of sp³-hybridized carbons (Fsp3) is 0.647. The molecule has 1 aromatic carbocycles. The van der Waals surface area contributed by atoms with Crippen LogP contribution in [0.25, 0.3) is 0 Å². The van der Waals surface area contributed by atoms with Gasteiger partial charge in [0.05, 0.1) is 0 Å². The zero-order valence-electron chi connectivity index (χ0n) is 12.4. The molecule has 0 aromatic heterocycles. The Kier molecular flexibility index (Phi) is 4.38. The summed E-state index contributed by atoms with van der Waals surface area (Å²) in [5.74, 6) is 1.66. The monoisotopic (exact) mass is 262 g/mol. The van der Waals surface area contributed by atoms with E-state index in [1.165, 1.54) is 37.7 Å². The summed E-state index contributed by atoms with van der Waals surface area (Å²) in [5.41, 5.74) is 1.00. The summed E-state index contributed by atoms with van der Waals surface area (Å²) in [7, 11) is 0. The molecule has 0 aliphatic heterocycles. The van der Waals surface area contributed by atoms with Gasteiger partial charge in [0, 0.05) is 0 Å². The van der Waals surface area contributed by atoms with Gasteiger partial charge in [-0.05, 0) is 50.8 Å². The van der Waals surface area contributed by atoms with E-state index < -0.39 is 0 Å². The predicted molar refractivity (Wildman–Crippen MR) is 78.8 cm³/mol. The van der Waals surface area contributed by atoms with E-state index >= 15 is 0 Å². The van der Waals surface area contributed by atoms with Crippen LogP contribution in [0.5, 0.6) is 11.5 Å². The molecule has 1 aliphatic carbocycles. The Morgan fingerprint density at radius 3 is 2.47 bits per heavy atom. The molecule has 0 amide bonds. The lowest BCUT2D eigenvalue weighted by Crippen LogP contribution is -2.23. The molecule has 1 fully saturated rings. The molecular weight excluding hydrogens is 236 g/mol. The number of rotatable bonds is 3. The van der Waals surface area contributed by atoms with Crippen LogP contribution in [0.2, 0.25) is 0 Å². The standard InChI is InChI=1S/C17H26O2/c1-17(2,3)19-16-12-14(9-10-15(16)18)11-13-7-5-4-6-8-13/h9-10,12-13,18H,4-8,11H2,1-3H3. The van der Waals surface area contributed by atoms with E-state index in [4.69, 9.17) is 4.74 Å². The second-order valence-electron chi connectivity index (χ2n) is 6.72. The van der Waals surface area contributed by atoms with E-state index in [1.54, 1.807) is 6.07 Å².